The van der Waals surface area contributed by atoms with E-state index < -0.39 is 0 Å². The zero-order valence-electron chi connectivity index (χ0n) is 13.9. The zero-order chi connectivity index (χ0) is 16.3. The summed E-state index contributed by atoms with van der Waals surface area (Å²) in [6, 6.07) is 6.41. The number of nitrogens with two attached hydrogens (primary N) is 1. The minimum absolute atomic E-state index is 0.0339. The zero-order valence-corrected chi connectivity index (χ0v) is 15.5. The third kappa shape index (κ3) is 5.11. The fourth-order valence-corrected chi connectivity index (χ4v) is 3.07. The van der Waals surface area contributed by atoms with Gasteiger partial charge < -0.3 is 10.5 Å². The second-order valence-electron chi connectivity index (χ2n) is 4.30. The molecule has 1 heterocycles. The standard InChI is InChI=1S/C12H12BrNO.2C2H6.CH5N/c13-11-3-1-2-9-6-12(5-4-10(9)11)7-14-8-15-12;3*1-2/h1-3,8H,4-7H2;2*1-2H3;2H2,1H3. The normalized spacial score (nSPS) is 20.7. The SMILES string of the molecule is Brc1cccc2c1CCC1(CN=CO1)C2.CC.CC.CN. The molecule has 120 valence electrons. The summed E-state index contributed by atoms with van der Waals surface area (Å²) in [5, 5.41) is 0. The number of benzene rings is 1. The van der Waals surface area contributed by atoms with Gasteiger partial charge in [0.2, 0.25) is 0 Å². The van der Waals surface area contributed by atoms with E-state index in [2.05, 4.69) is 44.9 Å². The average molecular weight is 357 g/mol. The fraction of sp³-hybridized carbons (Fsp3) is 0.588. The third-order valence-electron chi connectivity index (χ3n) is 3.32. The molecule has 0 bridgehead atoms. The molecule has 3 nitrogen and oxygen atoms in total. The van der Waals surface area contributed by atoms with Crippen molar-refractivity contribution in [2.24, 2.45) is 10.7 Å². The number of nitrogens with zero attached hydrogens (tertiary/aromatic N) is 1. The Bertz CT molecular complexity index is 425. The Morgan fingerprint density at radius 2 is 1.86 bits per heavy atom. The molecule has 1 unspecified atom stereocenters. The van der Waals surface area contributed by atoms with Gasteiger partial charge in [-0.3, -0.25) is 4.99 Å². The molecule has 0 saturated carbocycles. The molecule has 1 spiro atoms. The predicted molar refractivity (Wildman–Crippen MR) is 96.1 cm³/mol. The van der Waals surface area contributed by atoms with Gasteiger partial charge in [0.05, 0.1) is 6.54 Å². The number of hydrogen-bond acceptors (Lipinski definition) is 3. The molecule has 4 heteroatoms. The number of rotatable bonds is 0. The van der Waals surface area contributed by atoms with E-state index in [1.807, 2.05) is 27.7 Å². The van der Waals surface area contributed by atoms with Crippen molar-refractivity contribution >= 4 is 22.3 Å². The first-order chi connectivity index (χ1) is 10.3. The first-order valence-corrected chi connectivity index (χ1v) is 8.59. The van der Waals surface area contributed by atoms with Gasteiger partial charge in [-0.1, -0.05) is 55.8 Å². The van der Waals surface area contributed by atoms with Crippen LogP contribution in [0, 0.1) is 0 Å². The Kier molecular flexibility index (Phi) is 10.4. The Morgan fingerprint density at radius 3 is 2.43 bits per heavy atom. The van der Waals surface area contributed by atoms with Gasteiger partial charge >= 0.3 is 0 Å². The van der Waals surface area contributed by atoms with Crippen LogP contribution in [-0.2, 0) is 17.6 Å². The largest absolute Gasteiger partial charge is 0.475 e. The van der Waals surface area contributed by atoms with Crippen LogP contribution in [0.15, 0.2) is 27.7 Å². The van der Waals surface area contributed by atoms with E-state index in [0.29, 0.717) is 0 Å². The number of halogens is 1. The van der Waals surface area contributed by atoms with Crippen molar-refractivity contribution in [3.8, 4) is 0 Å². The van der Waals surface area contributed by atoms with E-state index in [9.17, 15) is 0 Å². The average Bonchev–Trinajstić information content (AvgIpc) is 3.01. The molecule has 0 radical (unpaired) electrons. The molecule has 1 aromatic rings. The van der Waals surface area contributed by atoms with Crippen molar-refractivity contribution in [3.05, 3.63) is 33.8 Å². The maximum atomic E-state index is 5.67. The predicted octanol–water partition coefficient (Wildman–Crippen LogP) is 4.36. The molecule has 2 N–H and O–H groups in total. The third-order valence-corrected chi connectivity index (χ3v) is 4.06. The Labute approximate surface area is 138 Å². The van der Waals surface area contributed by atoms with Gasteiger partial charge in [0.15, 0.2) is 6.40 Å². The molecule has 1 aromatic carbocycles. The van der Waals surface area contributed by atoms with Gasteiger partial charge in [-0.2, -0.15) is 0 Å². The van der Waals surface area contributed by atoms with E-state index in [0.717, 1.165) is 25.8 Å². The van der Waals surface area contributed by atoms with Gasteiger partial charge in [0.25, 0.3) is 0 Å². The highest BCUT2D eigenvalue weighted by atomic mass is 79.9. The number of fused-ring (bicyclic) bond motifs is 1. The summed E-state index contributed by atoms with van der Waals surface area (Å²) >= 11 is 3.61. The molecular weight excluding hydrogens is 328 g/mol. The summed E-state index contributed by atoms with van der Waals surface area (Å²) in [6.45, 7) is 8.82. The van der Waals surface area contributed by atoms with E-state index in [1.165, 1.54) is 22.6 Å². The smallest absolute Gasteiger partial charge is 0.170 e. The molecule has 0 aromatic heterocycles. The van der Waals surface area contributed by atoms with E-state index in [4.69, 9.17) is 4.74 Å². The first kappa shape index (κ1) is 20.1. The first-order valence-electron chi connectivity index (χ1n) is 7.79. The molecule has 1 aliphatic heterocycles. The van der Waals surface area contributed by atoms with Crippen LogP contribution in [0.1, 0.15) is 45.2 Å². The highest BCUT2D eigenvalue weighted by molar-refractivity contribution is 9.10. The van der Waals surface area contributed by atoms with E-state index in [-0.39, 0.29) is 5.60 Å². The van der Waals surface area contributed by atoms with Crippen LogP contribution in [0.5, 0.6) is 0 Å². The minimum atomic E-state index is -0.0339. The number of hydrogen-bond donors (Lipinski definition) is 1. The van der Waals surface area contributed by atoms with Gasteiger partial charge in [-0.15, -0.1) is 0 Å². The molecule has 2 aliphatic rings. The lowest BCUT2D eigenvalue weighted by atomic mass is 9.80. The summed E-state index contributed by atoms with van der Waals surface area (Å²) in [5.74, 6) is 0. The van der Waals surface area contributed by atoms with Crippen LogP contribution in [0.4, 0.5) is 0 Å². The summed E-state index contributed by atoms with van der Waals surface area (Å²) in [5.41, 5.74) is 7.31. The molecule has 1 aliphatic carbocycles. The van der Waals surface area contributed by atoms with E-state index >= 15 is 0 Å². The molecule has 1 atom stereocenters. The lowest BCUT2D eigenvalue weighted by Gasteiger charge is -2.33. The van der Waals surface area contributed by atoms with Crippen LogP contribution in [0.25, 0.3) is 0 Å². The summed E-state index contributed by atoms with van der Waals surface area (Å²) in [7, 11) is 1.50. The second-order valence-corrected chi connectivity index (χ2v) is 5.16. The van der Waals surface area contributed by atoms with Gasteiger partial charge in [-0.05, 0) is 37.1 Å². The molecular formula is C17H29BrN2O. The van der Waals surface area contributed by atoms with Gasteiger partial charge in [0.1, 0.15) is 5.60 Å². The van der Waals surface area contributed by atoms with Crippen LogP contribution in [-0.4, -0.2) is 25.6 Å². The van der Waals surface area contributed by atoms with Crippen LogP contribution < -0.4 is 5.73 Å². The topological polar surface area (TPSA) is 47.6 Å². The van der Waals surface area contributed by atoms with Crippen molar-refractivity contribution in [2.45, 2.75) is 52.6 Å². The lowest BCUT2D eigenvalue weighted by molar-refractivity contribution is 0.0783. The minimum Gasteiger partial charge on any atom is -0.475 e. The highest BCUT2D eigenvalue weighted by Crippen LogP contribution is 2.36. The van der Waals surface area contributed by atoms with Crippen molar-refractivity contribution in [3.63, 3.8) is 0 Å². The Hall–Kier alpha value is -0.870. The van der Waals surface area contributed by atoms with Crippen molar-refractivity contribution in [2.75, 3.05) is 13.6 Å². The number of ether oxygens (including phenoxy) is 1. The summed E-state index contributed by atoms with van der Waals surface area (Å²) in [4.78, 5) is 4.20. The fourth-order valence-electron chi connectivity index (χ4n) is 2.46. The lowest BCUT2D eigenvalue weighted by Crippen LogP contribution is -2.38. The Morgan fingerprint density at radius 1 is 1.19 bits per heavy atom. The Balaban J connectivity index is 0.000000598. The quantitative estimate of drug-likeness (QED) is 0.750. The van der Waals surface area contributed by atoms with Gasteiger partial charge in [-0.25, -0.2) is 0 Å². The second kappa shape index (κ2) is 10.8. The molecule has 21 heavy (non-hydrogen) atoms. The maximum Gasteiger partial charge on any atom is 0.170 e. The highest BCUT2D eigenvalue weighted by Gasteiger charge is 2.38. The van der Waals surface area contributed by atoms with Crippen LogP contribution in [0.3, 0.4) is 0 Å². The number of aliphatic imine (C=N–C) groups is 1. The van der Waals surface area contributed by atoms with Crippen molar-refractivity contribution in [1.82, 2.24) is 0 Å². The molecule has 0 amide bonds. The van der Waals surface area contributed by atoms with Crippen LogP contribution >= 0.6 is 15.9 Å². The summed E-state index contributed by atoms with van der Waals surface area (Å²) in [6.07, 6.45) is 4.76. The summed E-state index contributed by atoms with van der Waals surface area (Å²) < 4.78 is 6.90. The monoisotopic (exact) mass is 356 g/mol. The van der Waals surface area contributed by atoms with Gasteiger partial charge in [0, 0.05) is 10.9 Å². The van der Waals surface area contributed by atoms with E-state index in [1.54, 1.807) is 6.40 Å². The maximum absolute atomic E-state index is 5.67. The molecule has 0 fully saturated rings. The van der Waals surface area contributed by atoms with Crippen molar-refractivity contribution < 1.29 is 4.74 Å². The molecule has 3 rings (SSSR count). The molecule has 0 saturated heterocycles. The van der Waals surface area contributed by atoms with Crippen molar-refractivity contribution in [1.29, 1.82) is 0 Å². The van der Waals surface area contributed by atoms with Crippen LogP contribution in [0.2, 0.25) is 0 Å².